The molecule has 0 saturated heterocycles. The van der Waals surface area contributed by atoms with Crippen LogP contribution in [-0.4, -0.2) is 39.4 Å². The van der Waals surface area contributed by atoms with Crippen LogP contribution in [0.3, 0.4) is 0 Å². The van der Waals surface area contributed by atoms with Gasteiger partial charge in [0.05, 0.1) is 20.0 Å². The minimum absolute atomic E-state index is 0.352. The Morgan fingerprint density at radius 1 is 1.12 bits per heavy atom. The zero-order chi connectivity index (χ0) is 17.7. The topological polar surface area (TPSA) is 58.8 Å². The number of methoxy groups -OCH3 is 1. The van der Waals surface area contributed by atoms with Gasteiger partial charge in [0.1, 0.15) is 11.5 Å². The number of aliphatic imine (C=N–C) groups is 1. The first kappa shape index (κ1) is 18.8. The van der Waals surface area contributed by atoms with Gasteiger partial charge in [0, 0.05) is 26.1 Å². The molecule has 2 aromatic rings. The highest BCUT2D eigenvalue weighted by molar-refractivity contribution is 5.79. The highest BCUT2D eigenvalue weighted by Crippen LogP contribution is 2.11. The Bertz CT molecular complexity index is 612. The molecule has 0 aliphatic rings. The van der Waals surface area contributed by atoms with E-state index in [1.54, 1.807) is 13.4 Å². The maximum Gasteiger partial charge on any atom is 0.191 e. The van der Waals surface area contributed by atoms with Crippen molar-refractivity contribution in [2.75, 3.05) is 33.4 Å². The molecule has 0 aliphatic heterocycles. The molecule has 0 amide bonds. The minimum Gasteiger partial charge on any atom is -0.497 e. The third-order valence-corrected chi connectivity index (χ3v) is 3.67. The maximum atomic E-state index is 12.3. The molecule has 5 nitrogen and oxygen atoms in total. The van der Waals surface area contributed by atoms with Crippen molar-refractivity contribution in [2.45, 2.75) is 19.3 Å². The van der Waals surface area contributed by atoms with Crippen molar-refractivity contribution >= 4 is 5.96 Å². The Morgan fingerprint density at radius 3 is 2.52 bits per heavy atom. The number of halogens is 1. The monoisotopic (exact) mass is 347 g/mol. The average Bonchev–Trinajstić information content (AvgIpc) is 3.15. The molecular formula is C19H26FN3O2. The van der Waals surface area contributed by atoms with Gasteiger partial charge in [-0.2, -0.15) is 0 Å². The molecule has 0 fully saturated rings. The summed E-state index contributed by atoms with van der Waals surface area (Å²) in [6.45, 7) is 1.57. The van der Waals surface area contributed by atoms with Crippen LogP contribution >= 0.6 is 0 Å². The van der Waals surface area contributed by atoms with E-state index in [2.05, 4.69) is 15.6 Å². The van der Waals surface area contributed by atoms with Crippen LogP contribution in [0, 0.1) is 0 Å². The van der Waals surface area contributed by atoms with Gasteiger partial charge >= 0.3 is 0 Å². The van der Waals surface area contributed by atoms with E-state index < -0.39 is 0 Å². The summed E-state index contributed by atoms with van der Waals surface area (Å²) in [4.78, 5) is 4.39. The first-order chi connectivity index (χ1) is 12.3. The number of alkyl halides is 1. The second-order valence-corrected chi connectivity index (χ2v) is 5.55. The number of hydrogen-bond acceptors (Lipinski definition) is 3. The molecule has 0 unspecified atom stereocenters. The van der Waals surface area contributed by atoms with E-state index in [1.165, 1.54) is 5.56 Å². The fourth-order valence-electron chi connectivity index (χ4n) is 2.30. The Labute approximate surface area is 148 Å². The number of rotatable bonds is 10. The van der Waals surface area contributed by atoms with Crippen LogP contribution < -0.4 is 15.4 Å². The molecular weight excluding hydrogens is 321 g/mol. The second kappa shape index (κ2) is 11.1. The Hall–Kier alpha value is -2.50. The van der Waals surface area contributed by atoms with Crippen LogP contribution in [0.25, 0.3) is 0 Å². The zero-order valence-electron chi connectivity index (χ0n) is 14.6. The standard InChI is InChI=1S/C19H26FN3O2/c1-24-17-7-5-16(6-8-17)9-13-22-19(21-12-3-11-20)23-14-10-18-4-2-15-25-18/h2,4-8,15H,3,9-14H2,1H3,(H2,21,22,23). The van der Waals surface area contributed by atoms with Gasteiger partial charge in [-0.15, -0.1) is 0 Å². The second-order valence-electron chi connectivity index (χ2n) is 5.55. The van der Waals surface area contributed by atoms with Crippen LogP contribution in [0.15, 0.2) is 52.1 Å². The molecule has 0 spiro atoms. The van der Waals surface area contributed by atoms with Gasteiger partial charge in [-0.05, 0) is 42.7 Å². The normalized spacial score (nSPS) is 11.4. The van der Waals surface area contributed by atoms with Crippen LogP contribution in [0.1, 0.15) is 17.7 Å². The molecule has 2 rings (SSSR count). The average molecular weight is 347 g/mol. The minimum atomic E-state index is -0.352. The molecule has 2 N–H and O–H groups in total. The van der Waals surface area contributed by atoms with Gasteiger partial charge in [0.2, 0.25) is 0 Å². The highest BCUT2D eigenvalue weighted by Gasteiger charge is 2.01. The van der Waals surface area contributed by atoms with E-state index in [9.17, 15) is 4.39 Å². The van der Waals surface area contributed by atoms with Crippen molar-refractivity contribution in [3.8, 4) is 5.75 Å². The summed E-state index contributed by atoms with van der Waals surface area (Å²) in [7, 11) is 1.66. The third-order valence-electron chi connectivity index (χ3n) is 3.67. The lowest BCUT2D eigenvalue weighted by atomic mass is 10.1. The van der Waals surface area contributed by atoms with Gasteiger partial charge in [-0.1, -0.05) is 12.1 Å². The molecule has 0 atom stereocenters. The Balaban J connectivity index is 1.76. The van der Waals surface area contributed by atoms with E-state index >= 15 is 0 Å². The molecule has 0 radical (unpaired) electrons. The van der Waals surface area contributed by atoms with Gasteiger partial charge < -0.3 is 19.8 Å². The Kier molecular flexibility index (Phi) is 8.38. The Morgan fingerprint density at radius 2 is 1.88 bits per heavy atom. The van der Waals surface area contributed by atoms with Gasteiger partial charge in [-0.25, -0.2) is 0 Å². The number of benzene rings is 1. The first-order valence-electron chi connectivity index (χ1n) is 8.55. The fourth-order valence-corrected chi connectivity index (χ4v) is 2.30. The number of furan rings is 1. The van der Waals surface area contributed by atoms with Crippen molar-refractivity contribution in [2.24, 2.45) is 4.99 Å². The lowest BCUT2D eigenvalue weighted by Crippen LogP contribution is -2.39. The van der Waals surface area contributed by atoms with Crippen molar-refractivity contribution in [3.05, 3.63) is 54.0 Å². The predicted molar refractivity (Wildman–Crippen MR) is 98.0 cm³/mol. The molecule has 136 valence electrons. The predicted octanol–water partition coefficient (Wildman–Crippen LogP) is 2.97. The van der Waals surface area contributed by atoms with E-state index in [1.807, 2.05) is 36.4 Å². The van der Waals surface area contributed by atoms with Crippen LogP contribution in [0.5, 0.6) is 5.75 Å². The summed E-state index contributed by atoms with van der Waals surface area (Å²) < 4.78 is 22.8. The van der Waals surface area contributed by atoms with Crippen molar-refractivity contribution in [3.63, 3.8) is 0 Å². The lowest BCUT2D eigenvalue weighted by molar-refractivity contribution is 0.414. The van der Waals surface area contributed by atoms with Gasteiger partial charge in [0.25, 0.3) is 0 Å². The van der Waals surface area contributed by atoms with Crippen LogP contribution in [0.2, 0.25) is 0 Å². The van der Waals surface area contributed by atoms with Crippen LogP contribution in [-0.2, 0) is 12.8 Å². The molecule has 25 heavy (non-hydrogen) atoms. The quantitative estimate of drug-likeness (QED) is 0.394. The summed E-state index contributed by atoms with van der Waals surface area (Å²) in [6.07, 6.45) is 3.74. The lowest BCUT2D eigenvalue weighted by Gasteiger charge is -2.12. The van der Waals surface area contributed by atoms with E-state index in [0.717, 1.165) is 30.9 Å². The summed E-state index contributed by atoms with van der Waals surface area (Å²) in [5.74, 6) is 2.48. The van der Waals surface area contributed by atoms with Crippen LogP contribution in [0.4, 0.5) is 4.39 Å². The molecule has 0 saturated carbocycles. The maximum absolute atomic E-state index is 12.3. The van der Waals surface area contributed by atoms with Crippen molar-refractivity contribution < 1.29 is 13.5 Å². The first-order valence-corrected chi connectivity index (χ1v) is 8.55. The zero-order valence-corrected chi connectivity index (χ0v) is 14.6. The summed E-state index contributed by atoms with van der Waals surface area (Å²) >= 11 is 0. The van der Waals surface area contributed by atoms with Crippen molar-refractivity contribution in [1.82, 2.24) is 10.6 Å². The molecule has 1 heterocycles. The fraction of sp³-hybridized carbons (Fsp3) is 0.421. The number of hydrogen-bond donors (Lipinski definition) is 2. The SMILES string of the molecule is COc1ccc(CCNC(=NCCCF)NCCc2ccco2)cc1. The van der Waals surface area contributed by atoms with Gasteiger partial charge in [-0.3, -0.25) is 9.38 Å². The molecule has 1 aromatic heterocycles. The van der Waals surface area contributed by atoms with E-state index in [0.29, 0.717) is 25.5 Å². The summed E-state index contributed by atoms with van der Waals surface area (Å²) in [5, 5.41) is 6.55. The van der Waals surface area contributed by atoms with Gasteiger partial charge in [0.15, 0.2) is 5.96 Å². The molecule has 6 heteroatoms. The third kappa shape index (κ3) is 7.28. The smallest absolute Gasteiger partial charge is 0.191 e. The largest absolute Gasteiger partial charge is 0.497 e. The van der Waals surface area contributed by atoms with E-state index in [-0.39, 0.29) is 6.67 Å². The molecule has 1 aromatic carbocycles. The summed E-state index contributed by atoms with van der Waals surface area (Å²) in [5.41, 5.74) is 1.21. The summed E-state index contributed by atoms with van der Waals surface area (Å²) in [6, 6.07) is 11.8. The number of guanidine groups is 1. The highest BCUT2D eigenvalue weighted by atomic mass is 19.1. The molecule has 0 aliphatic carbocycles. The van der Waals surface area contributed by atoms with Crippen molar-refractivity contribution in [1.29, 1.82) is 0 Å². The van der Waals surface area contributed by atoms with E-state index in [4.69, 9.17) is 9.15 Å². The number of ether oxygens (including phenoxy) is 1. The number of nitrogens with one attached hydrogen (secondary N) is 2. The number of nitrogens with zero attached hydrogens (tertiary/aromatic N) is 1. The molecule has 0 bridgehead atoms.